The number of halogens is 1. The molecule has 0 unspecified atom stereocenters. The second-order valence-electron chi connectivity index (χ2n) is 3.94. The zero-order valence-corrected chi connectivity index (χ0v) is 9.61. The first-order valence-electron chi connectivity index (χ1n) is 5.16. The second-order valence-corrected chi connectivity index (χ2v) is 5.21. The molecular weight excluding hydrogens is 211 g/mol. The molecule has 0 saturated heterocycles. The molecule has 1 aromatic rings. The van der Waals surface area contributed by atoms with Gasteiger partial charge in [0.25, 0.3) is 0 Å². The van der Waals surface area contributed by atoms with Crippen LogP contribution in [-0.4, -0.2) is 22.5 Å². The molecule has 1 aromatic heterocycles. The van der Waals surface area contributed by atoms with Crippen LogP contribution < -0.4 is 5.32 Å². The predicted octanol–water partition coefficient (Wildman–Crippen LogP) is 2.92. The summed E-state index contributed by atoms with van der Waals surface area (Å²) < 4.78 is 13.2. The minimum atomic E-state index is -0.424. The molecule has 2 rings (SSSR count). The first-order chi connectivity index (χ1) is 7.24. The first kappa shape index (κ1) is 10.7. The van der Waals surface area contributed by atoms with E-state index in [0.29, 0.717) is 10.6 Å². The third-order valence-electron chi connectivity index (χ3n) is 3.00. The number of nitrogens with zero attached hydrogens (tertiary/aromatic N) is 1. The molecule has 1 heterocycles. The molecule has 82 valence electrons. The van der Waals surface area contributed by atoms with Gasteiger partial charge in [0, 0.05) is 11.3 Å². The lowest BCUT2D eigenvalue weighted by Crippen LogP contribution is -2.40. The molecule has 1 N–H and O–H groups in total. The Morgan fingerprint density at radius 1 is 1.53 bits per heavy atom. The molecule has 15 heavy (non-hydrogen) atoms. The van der Waals surface area contributed by atoms with Crippen molar-refractivity contribution in [3.05, 3.63) is 24.1 Å². The zero-order valence-electron chi connectivity index (χ0n) is 8.79. The largest absolute Gasteiger partial charge is 0.369 e. The van der Waals surface area contributed by atoms with Gasteiger partial charge in [-0.25, -0.2) is 4.98 Å². The van der Waals surface area contributed by atoms with E-state index in [-0.39, 0.29) is 0 Å². The van der Waals surface area contributed by atoms with Crippen LogP contribution in [0.3, 0.4) is 0 Å². The lowest BCUT2D eigenvalue weighted by Gasteiger charge is -2.40. The fourth-order valence-electron chi connectivity index (χ4n) is 1.78. The number of nitrogens with one attached hydrogen (secondary N) is 1. The van der Waals surface area contributed by atoms with Gasteiger partial charge in [-0.1, -0.05) is 12.5 Å². The number of rotatable bonds is 4. The highest BCUT2D eigenvalue weighted by Gasteiger charge is 2.35. The van der Waals surface area contributed by atoms with Gasteiger partial charge in [-0.15, -0.1) is 0 Å². The average molecular weight is 226 g/mol. The smallest absolute Gasteiger partial charge is 0.214 e. The van der Waals surface area contributed by atoms with Crippen LogP contribution in [0.4, 0.5) is 10.2 Å². The minimum Gasteiger partial charge on any atom is -0.369 e. The highest BCUT2D eigenvalue weighted by molar-refractivity contribution is 8.00. The third kappa shape index (κ3) is 2.43. The average Bonchev–Trinajstić information content (AvgIpc) is 2.17. The Kier molecular flexibility index (Phi) is 3.14. The summed E-state index contributed by atoms with van der Waals surface area (Å²) in [4.78, 5) is 3.78. The van der Waals surface area contributed by atoms with Crippen molar-refractivity contribution in [2.24, 2.45) is 0 Å². The second kappa shape index (κ2) is 4.39. The highest BCUT2D eigenvalue weighted by Crippen LogP contribution is 2.42. The summed E-state index contributed by atoms with van der Waals surface area (Å²) in [5, 5.41) is 3.21. The molecule has 1 aliphatic carbocycles. The van der Waals surface area contributed by atoms with Gasteiger partial charge in [-0.3, -0.25) is 0 Å². The number of hydrogen-bond acceptors (Lipinski definition) is 3. The van der Waals surface area contributed by atoms with Crippen molar-refractivity contribution in [2.45, 2.75) is 24.0 Å². The van der Waals surface area contributed by atoms with Crippen molar-refractivity contribution < 1.29 is 4.39 Å². The monoisotopic (exact) mass is 226 g/mol. The van der Waals surface area contributed by atoms with Gasteiger partial charge < -0.3 is 5.32 Å². The maximum absolute atomic E-state index is 12.8. The van der Waals surface area contributed by atoms with Gasteiger partial charge in [-0.2, -0.15) is 16.2 Å². The van der Waals surface area contributed by atoms with Crippen molar-refractivity contribution >= 4 is 17.6 Å². The van der Waals surface area contributed by atoms with Crippen LogP contribution in [0.2, 0.25) is 0 Å². The molecule has 0 aromatic carbocycles. The van der Waals surface area contributed by atoms with Gasteiger partial charge in [0.15, 0.2) is 0 Å². The van der Waals surface area contributed by atoms with Crippen LogP contribution in [0.25, 0.3) is 0 Å². The zero-order chi connectivity index (χ0) is 10.7. The molecule has 0 aliphatic heterocycles. The molecule has 0 spiro atoms. The van der Waals surface area contributed by atoms with E-state index in [4.69, 9.17) is 0 Å². The van der Waals surface area contributed by atoms with Gasteiger partial charge in [0.2, 0.25) is 5.95 Å². The van der Waals surface area contributed by atoms with Crippen LogP contribution in [-0.2, 0) is 0 Å². The minimum absolute atomic E-state index is 0.355. The van der Waals surface area contributed by atoms with E-state index in [9.17, 15) is 4.39 Å². The Labute approximate surface area is 93.7 Å². The van der Waals surface area contributed by atoms with E-state index in [1.54, 1.807) is 12.1 Å². The fraction of sp³-hybridized carbons (Fsp3) is 0.545. The van der Waals surface area contributed by atoms with Crippen LogP contribution in [0, 0.1) is 5.95 Å². The summed E-state index contributed by atoms with van der Waals surface area (Å²) in [6.45, 7) is 0.880. The normalized spacial score (nSPS) is 18.3. The molecule has 0 amide bonds. The van der Waals surface area contributed by atoms with E-state index in [1.165, 1.54) is 25.3 Å². The Morgan fingerprint density at radius 2 is 2.33 bits per heavy atom. The maximum Gasteiger partial charge on any atom is 0.214 e. The Morgan fingerprint density at radius 3 is 2.87 bits per heavy atom. The molecule has 4 heteroatoms. The Bertz CT molecular complexity index is 334. The van der Waals surface area contributed by atoms with Crippen LogP contribution in [0.15, 0.2) is 18.2 Å². The number of aromatic nitrogens is 1. The maximum atomic E-state index is 12.8. The number of anilines is 1. The predicted molar refractivity (Wildman–Crippen MR) is 62.8 cm³/mol. The third-order valence-corrected chi connectivity index (χ3v) is 4.42. The highest BCUT2D eigenvalue weighted by atomic mass is 32.2. The van der Waals surface area contributed by atoms with Crippen molar-refractivity contribution in [1.82, 2.24) is 4.98 Å². The molecule has 0 atom stereocenters. The lowest BCUT2D eigenvalue weighted by molar-refractivity contribution is 0.379. The van der Waals surface area contributed by atoms with Gasteiger partial charge in [0.1, 0.15) is 5.82 Å². The molecule has 1 aliphatic rings. The van der Waals surface area contributed by atoms with Gasteiger partial charge in [-0.05, 0) is 31.2 Å². The Hall–Kier alpha value is -0.770. The number of hydrogen-bond donors (Lipinski definition) is 1. The van der Waals surface area contributed by atoms with Crippen molar-refractivity contribution in [3.63, 3.8) is 0 Å². The SMILES string of the molecule is CSC1(CNc2cccc(F)n2)CCC1. The standard InChI is InChI=1S/C11H15FN2S/c1-15-11(6-3-7-11)8-13-10-5-2-4-9(12)14-10/h2,4-5H,3,6-8H2,1H3,(H,13,14). The fourth-order valence-corrected chi connectivity index (χ4v) is 2.70. The van der Waals surface area contributed by atoms with Crippen molar-refractivity contribution in [1.29, 1.82) is 0 Å². The summed E-state index contributed by atoms with van der Waals surface area (Å²) in [6, 6.07) is 4.84. The Balaban J connectivity index is 1.92. The molecule has 0 radical (unpaired) electrons. The topological polar surface area (TPSA) is 24.9 Å². The van der Waals surface area contributed by atoms with Gasteiger partial charge in [0.05, 0.1) is 0 Å². The van der Waals surface area contributed by atoms with Gasteiger partial charge >= 0.3 is 0 Å². The summed E-state index contributed by atoms with van der Waals surface area (Å²) in [7, 11) is 0. The number of thioether (sulfide) groups is 1. The van der Waals surface area contributed by atoms with Crippen molar-refractivity contribution in [3.8, 4) is 0 Å². The first-order valence-corrected chi connectivity index (χ1v) is 6.38. The summed E-state index contributed by atoms with van der Waals surface area (Å²) in [5.41, 5.74) is 0. The summed E-state index contributed by atoms with van der Waals surface area (Å²) >= 11 is 1.90. The van der Waals surface area contributed by atoms with E-state index in [2.05, 4.69) is 16.6 Å². The molecule has 0 bridgehead atoms. The lowest BCUT2D eigenvalue weighted by atomic mass is 9.84. The summed E-state index contributed by atoms with van der Waals surface area (Å²) in [6.07, 6.45) is 5.94. The summed E-state index contributed by atoms with van der Waals surface area (Å²) in [5.74, 6) is 0.210. The molecule has 1 fully saturated rings. The quantitative estimate of drug-likeness (QED) is 0.799. The van der Waals surface area contributed by atoms with E-state index in [0.717, 1.165) is 6.54 Å². The number of pyridine rings is 1. The van der Waals surface area contributed by atoms with E-state index >= 15 is 0 Å². The van der Waals surface area contributed by atoms with Crippen LogP contribution in [0.5, 0.6) is 0 Å². The molecule has 2 nitrogen and oxygen atoms in total. The molecule has 1 saturated carbocycles. The van der Waals surface area contributed by atoms with Crippen molar-refractivity contribution in [2.75, 3.05) is 18.1 Å². The van der Waals surface area contributed by atoms with E-state index in [1.807, 2.05) is 11.8 Å². The van der Waals surface area contributed by atoms with E-state index < -0.39 is 5.95 Å². The van der Waals surface area contributed by atoms with Crippen LogP contribution in [0.1, 0.15) is 19.3 Å². The molecular formula is C11H15FN2S. The van der Waals surface area contributed by atoms with Crippen LogP contribution >= 0.6 is 11.8 Å².